The first-order chi connectivity index (χ1) is 8.38. The fourth-order valence-electron chi connectivity index (χ4n) is 2.37. The Labute approximate surface area is 100 Å². The molecule has 0 aliphatic heterocycles. The zero-order valence-corrected chi connectivity index (χ0v) is 9.81. The molecule has 0 spiro atoms. The van der Waals surface area contributed by atoms with Crippen LogP contribution in [0.5, 0.6) is 0 Å². The van der Waals surface area contributed by atoms with Crippen LogP contribution in [0.3, 0.4) is 0 Å². The van der Waals surface area contributed by atoms with Crippen LogP contribution < -0.4 is 5.32 Å². The molecule has 1 aliphatic rings. The van der Waals surface area contributed by atoms with Crippen molar-refractivity contribution in [1.29, 1.82) is 0 Å². The standard InChI is InChI=1S/C13H15N3O/c1-14-10-4-2-5-11-9(10)8-15-13(16-11)12-6-3-7-17-12/h3,6-8,10,14H,2,4-5H2,1H3. The van der Waals surface area contributed by atoms with Crippen LogP contribution in [-0.4, -0.2) is 17.0 Å². The molecule has 0 bridgehead atoms. The lowest BCUT2D eigenvalue weighted by Gasteiger charge is -2.23. The van der Waals surface area contributed by atoms with E-state index in [0.717, 1.165) is 24.3 Å². The van der Waals surface area contributed by atoms with Crippen molar-refractivity contribution >= 4 is 0 Å². The van der Waals surface area contributed by atoms with E-state index in [1.165, 1.54) is 12.0 Å². The Morgan fingerprint density at radius 1 is 1.47 bits per heavy atom. The molecule has 0 radical (unpaired) electrons. The van der Waals surface area contributed by atoms with Crippen LogP contribution in [-0.2, 0) is 6.42 Å². The molecule has 1 N–H and O–H groups in total. The number of rotatable bonds is 2. The Hall–Kier alpha value is -1.68. The number of hydrogen-bond acceptors (Lipinski definition) is 4. The molecule has 4 heteroatoms. The van der Waals surface area contributed by atoms with Crippen molar-refractivity contribution in [3.8, 4) is 11.6 Å². The first-order valence-corrected chi connectivity index (χ1v) is 5.95. The Bertz CT molecular complexity index is 507. The maximum absolute atomic E-state index is 5.32. The smallest absolute Gasteiger partial charge is 0.195 e. The second-order valence-corrected chi connectivity index (χ2v) is 4.31. The lowest BCUT2D eigenvalue weighted by Crippen LogP contribution is -2.22. The van der Waals surface area contributed by atoms with E-state index >= 15 is 0 Å². The van der Waals surface area contributed by atoms with Gasteiger partial charge in [0.15, 0.2) is 11.6 Å². The number of aromatic nitrogens is 2. The van der Waals surface area contributed by atoms with Gasteiger partial charge in [-0.2, -0.15) is 0 Å². The SMILES string of the molecule is CNC1CCCc2nc(-c3ccco3)ncc21. The van der Waals surface area contributed by atoms with Crippen LogP contribution in [0.1, 0.15) is 30.1 Å². The minimum atomic E-state index is 0.393. The second-order valence-electron chi connectivity index (χ2n) is 4.31. The van der Waals surface area contributed by atoms with E-state index in [4.69, 9.17) is 4.42 Å². The third kappa shape index (κ3) is 1.85. The molecule has 3 rings (SSSR count). The van der Waals surface area contributed by atoms with Gasteiger partial charge in [0.25, 0.3) is 0 Å². The molecule has 0 saturated heterocycles. The Morgan fingerprint density at radius 3 is 3.18 bits per heavy atom. The van der Waals surface area contributed by atoms with Crippen LogP contribution in [0, 0.1) is 0 Å². The van der Waals surface area contributed by atoms with Gasteiger partial charge in [-0.1, -0.05) is 0 Å². The van der Waals surface area contributed by atoms with E-state index in [1.54, 1.807) is 6.26 Å². The predicted octanol–water partition coefficient (Wildman–Crippen LogP) is 2.33. The van der Waals surface area contributed by atoms with Crippen LogP contribution in [0.15, 0.2) is 29.0 Å². The molecule has 4 nitrogen and oxygen atoms in total. The molecule has 2 aromatic rings. The van der Waals surface area contributed by atoms with E-state index in [0.29, 0.717) is 11.9 Å². The van der Waals surface area contributed by atoms with E-state index in [-0.39, 0.29) is 0 Å². The monoisotopic (exact) mass is 229 g/mol. The van der Waals surface area contributed by atoms with Gasteiger partial charge in [-0.25, -0.2) is 9.97 Å². The molecule has 1 unspecified atom stereocenters. The van der Waals surface area contributed by atoms with Crippen molar-refractivity contribution in [1.82, 2.24) is 15.3 Å². The van der Waals surface area contributed by atoms with Gasteiger partial charge in [-0.15, -0.1) is 0 Å². The summed E-state index contributed by atoms with van der Waals surface area (Å²) in [5.74, 6) is 1.42. The topological polar surface area (TPSA) is 51.0 Å². The maximum Gasteiger partial charge on any atom is 0.195 e. The summed E-state index contributed by atoms with van der Waals surface area (Å²) in [4.78, 5) is 9.00. The first-order valence-electron chi connectivity index (χ1n) is 5.95. The lowest BCUT2D eigenvalue weighted by atomic mass is 9.92. The Balaban J connectivity index is 2.02. The summed E-state index contributed by atoms with van der Waals surface area (Å²) in [5, 5.41) is 3.31. The highest BCUT2D eigenvalue weighted by Gasteiger charge is 2.21. The molecule has 0 fully saturated rings. The number of hydrogen-bond donors (Lipinski definition) is 1. The summed E-state index contributed by atoms with van der Waals surface area (Å²) in [6, 6.07) is 4.14. The minimum absolute atomic E-state index is 0.393. The van der Waals surface area contributed by atoms with Gasteiger partial charge < -0.3 is 9.73 Å². The molecule has 0 amide bonds. The summed E-state index contributed by atoms with van der Waals surface area (Å²) >= 11 is 0. The summed E-state index contributed by atoms with van der Waals surface area (Å²) in [6.07, 6.45) is 6.94. The highest BCUT2D eigenvalue weighted by atomic mass is 16.3. The third-order valence-corrected chi connectivity index (χ3v) is 3.27. The molecule has 17 heavy (non-hydrogen) atoms. The highest BCUT2D eigenvalue weighted by molar-refractivity contribution is 5.47. The van der Waals surface area contributed by atoms with Crippen molar-refractivity contribution in [3.05, 3.63) is 35.9 Å². The van der Waals surface area contributed by atoms with Crippen molar-refractivity contribution in [2.75, 3.05) is 7.05 Å². The highest BCUT2D eigenvalue weighted by Crippen LogP contribution is 2.29. The van der Waals surface area contributed by atoms with Crippen molar-refractivity contribution in [3.63, 3.8) is 0 Å². The molecule has 2 heterocycles. The van der Waals surface area contributed by atoms with Crippen molar-refractivity contribution < 1.29 is 4.42 Å². The second kappa shape index (κ2) is 4.30. The van der Waals surface area contributed by atoms with Gasteiger partial charge in [0, 0.05) is 23.5 Å². The first kappa shape index (κ1) is 10.5. The average molecular weight is 229 g/mol. The molecule has 0 saturated carbocycles. The van der Waals surface area contributed by atoms with E-state index in [1.807, 2.05) is 25.4 Å². The van der Waals surface area contributed by atoms with Gasteiger partial charge in [-0.05, 0) is 38.4 Å². The van der Waals surface area contributed by atoms with Gasteiger partial charge in [0.05, 0.1) is 6.26 Å². The fraction of sp³-hybridized carbons (Fsp3) is 0.385. The number of nitrogens with one attached hydrogen (secondary N) is 1. The summed E-state index contributed by atoms with van der Waals surface area (Å²) < 4.78 is 5.32. The summed E-state index contributed by atoms with van der Waals surface area (Å²) in [5.41, 5.74) is 2.38. The van der Waals surface area contributed by atoms with E-state index in [2.05, 4.69) is 15.3 Å². The Morgan fingerprint density at radius 2 is 2.41 bits per heavy atom. The molecule has 1 aliphatic carbocycles. The minimum Gasteiger partial charge on any atom is -0.461 e. The third-order valence-electron chi connectivity index (χ3n) is 3.27. The lowest BCUT2D eigenvalue weighted by molar-refractivity contribution is 0.486. The molecule has 1 atom stereocenters. The fourth-order valence-corrected chi connectivity index (χ4v) is 2.37. The molecular formula is C13H15N3O. The van der Waals surface area contributed by atoms with Gasteiger partial charge >= 0.3 is 0 Å². The van der Waals surface area contributed by atoms with Crippen LogP contribution in [0.2, 0.25) is 0 Å². The van der Waals surface area contributed by atoms with Crippen molar-refractivity contribution in [2.24, 2.45) is 0 Å². The predicted molar refractivity (Wildman–Crippen MR) is 64.5 cm³/mol. The zero-order chi connectivity index (χ0) is 11.7. The molecular weight excluding hydrogens is 214 g/mol. The van der Waals surface area contributed by atoms with Crippen LogP contribution >= 0.6 is 0 Å². The average Bonchev–Trinajstić information content (AvgIpc) is 2.91. The van der Waals surface area contributed by atoms with Gasteiger partial charge in [0.1, 0.15) is 0 Å². The number of nitrogens with zero attached hydrogens (tertiary/aromatic N) is 2. The van der Waals surface area contributed by atoms with Crippen LogP contribution in [0.25, 0.3) is 11.6 Å². The van der Waals surface area contributed by atoms with Crippen molar-refractivity contribution in [2.45, 2.75) is 25.3 Å². The summed E-state index contributed by atoms with van der Waals surface area (Å²) in [6.45, 7) is 0. The molecule has 2 aromatic heterocycles. The van der Waals surface area contributed by atoms with Gasteiger partial charge in [-0.3, -0.25) is 0 Å². The Kier molecular flexibility index (Phi) is 2.65. The molecule has 0 aromatic carbocycles. The zero-order valence-electron chi connectivity index (χ0n) is 9.81. The summed E-state index contributed by atoms with van der Waals surface area (Å²) in [7, 11) is 1.99. The number of furan rings is 1. The number of fused-ring (bicyclic) bond motifs is 1. The van der Waals surface area contributed by atoms with E-state index in [9.17, 15) is 0 Å². The largest absolute Gasteiger partial charge is 0.461 e. The molecule has 88 valence electrons. The van der Waals surface area contributed by atoms with Gasteiger partial charge in [0.2, 0.25) is 0 Å². The maximum atomic E-state index is 5.32. The van der Waals surface area contributed by atoms with E-state index < -0.39 is 0 Å². The number of aryl methyl sites for hydroxylation is 1. The van der Waals surface area contributed by atoms with Crippen LogP contribution in [0.4, 0.5) is 0 Å². The normalized spacial score (nSPS) is 19.0. The quantitative estimate of drug-likeness (QED) is 0.858.